The summed E-state index contributed by atoms with van der Waals surface area (Å²) in [6.45, 7) is 1.26. The van der Waals surface area contributed by atoms with Crippen molar-refractivity contribution in [3.8, 4) is 0 Å². The summed E-state index contributed by atoms with van der Waals surface area (Å²) in [4.78, 5) is 51.7. The molecule has 38 heavy (non-hydrogen) atoms. The number of hydrogen-bond acceptors (Lipinski definition) is 6. The van der Waals surface area contributed by atoms with E-state index in [0.717, 1.165) is 18.4 Å². The number of Topliss-reactive ketones (excluding diaryl/α,β-unsaturated/α-hetero) is 2. The van der Waals surface area contributed by atoms with Gasteiger partial charge in [-0.25, -0.2) is 4.39 Å². The topological polar surface area (TPSA) is 127 Å². The van der Waals surface area contributed by atoms with E-state index in [-0.39, 0.29) is 78.8 Å². The number of carbonyl (C=O) groups excluding carboxylic acids is 4. The number of benzene rings is 2. The maximum Gasteiger partial charge on any atom is 0.245 e. The Balaban J connectivity index is 1.48. The number of aromatic nitrogens is 2. The van der Waals surface area contributed by atoms with Crippen molar-refractivity contribution < 1.29 is 23.6 Å². The molecule has 2 amide bonds. The van der Waals surface area contributed by atoms with Crippen LogP contribution >= 0.6 is 11.6 Å². The minimum Gasteiger partial charge on any atom is -0.350 e. The number of nitrogens with two attached hydrogens (primary N) is 1. The quantitative estimate of drug-likeness (QED) is 0.339. The normalized spacial score (nSPS) is 12.9. The van der Waals surface area contributed by atoms with Crippen LogP contribution in [0.3, 0.4) is 0 Å². The Morgan fingerprint density at radius 1 is 1.21 bits per heavy atom. The first kappa shape index (κ1) is 27.4. The molecular formula is C27H29ClFN5O4. The first-order valence-corrected chi connectivity index (χ1v) is 12.8. The standard InChI is InChI=1S/C27H29ClFN5O4/c1-16(35)27-21-12-17(11-20(36)9-10-30)5-8-23(21)34(32-27)15-25(38)33(19-6-7-19)14-24(37)31-13-18-3-2-4-22(28)26(18)29/h2-5,8,12,19H,6-7,9-11,13-15,30H2,1H3,(H,31,37). The molecule has 0 atom stereocenters. The zero-order valence-corrected chi connectivity index (χ0v) is 21.8. The van der Waals surface area contributed by atoms with Gasteiger partial charge in [-0.05, 0) is 43.1 Å². The highest BCUT2D eigenvalue weighted by Crippen LogP contribution is 2.28. The second-order valence-corrected chi connectivity index (χ2v) is 9.82. The number of fused-ring (bicyclic) bond motifs is 1. The highest BCUT2D eigenvalue weighted by molar-refractivity contribution is 6.30. The number of nitrogens with zero attached hydrogens (tertiary/aromatic N) is 3. The molecule has 1 saturated carbocycles. The second-order valence-electron chi connectivity index (χ2n) is 9.41. The van der Waals surface area contributed by atoms with E-state index in [1.54, 1.807) is 24.3 Å². The Morgan fingerprint density at radius 2 is 1.97 bits per heavy atom. The molecule has 3 aromatic rings. The van der Waals surface area contributed by atoms with E-state index in [2.05, 4.69) is 10.4 Å². The number of amides is 2. The van der Waals surface area contributed by atoms with Gasteiger partial charge in [0.1, 0.15) is 23.8 Å². The van der Waals surface area contributed by atoms with Gasteiger partial charge in [0.25, 0.3) is 0 Å². The van der Waals surface area contributed by atoms with E-state index < -0.39 is 11.7 Å². The van der Waals surface area contributed by atoms with Crippen molar-refractivity contribution in [2.24, 2.45) is 5.73 Å². The fraction of sp³-hybridized carbons (Fsp3) is 0.370. The molecule has 1 aliphatic rings. The number of hydrogen-bond donors (Lipinski definition) is 2. The van der Waals surface area contributed by atoms with Gasteiger partial charge < -0.3 is 16.0 Å². The van der Waals surface area contributed by atoms with Crippen molar-refractivity contribution in [3.63, 3.8) is 0 Å². The molecule has 2 aromatic carbocycles. The molecule has 1 fully saturated rings. The van der Waals surface area contributed by atoms with Crippen LogP contribution in [-0.2, 0) is 33.9 Å². The molecule has 200 valence electrons. The van der Waals surface area contributed by atoms with Crippen LogP contribution in [0.4, 0.5) is 4.39 Å². The molecule has 0 aliphatic heterocycles. The maximum absolute atomic E-state index is 14.1. The van der Waals surface area contributed by atoms with Gasteiger partial charge in [0.05, 0.1) is 17.1 Å². The van der Waals surface area contributed by atoms with Gasteiger partial charge in [-0.2, -0.15) is 5.10 Å². The monoisotopic (exact) mass is 541 g/mol. The molecule has 9 nitrogen and oxygen atoms in total. The molecule has 0 bridgehead atoms. The molecule has 1 aromatic heterocycles. The van der Waals surface area contributed by atoms with E-state index in [1.807, 2.05) is 0 Å². The number of halogens is 2. The lowest BCUT2D eigenvalue weighted by Crippen LogP contribution is -2.43. The molecule has 0 radical (unpaired) electrons. The highest BCUT2D eigenvalue weighted by Gasteiger charge is 2.34. The van der Waals surface area contributed by atoms with Crippen LogP contribution in [0, 0.1) is 5.82 Å². The second kappa shape index (κ2) is 11.8. The lowest BCUT2D eigenvalue weighted by molar-refractivity contribution is -0.137. The van der Waals surface area contributed by atoms with E-state index >= 15 is 0 Å². The van der Waals surface area contributed by atoms with E-state index in [4.69, 9.17) is 17.3 Å². The van der Waals surface area contributed by atoms with Gasteiger partial charge in [-0.3, -0.25) is 23.9 Å². The Morgan fingerprint density at radius 3 is 2.66 bits per heavy atom. The van der Waals surface area contributed by atoms with E-state index in [9.17, 15) is 23.6 Å². The van der Waals surface area contributed by atoms with Gasteiger partial charge in [0, 0.05) is 43.3 Å². The molecular weight excluding hydrogens is 513 g/mol. The van der Waals surface area contributed by atoms with E-state index in [1.165, 1.54) is 28.6 Å². The first-order chi connectivity index (χ1) is 18.2. The molecule has 1 heterocycles. The number of nitrogens with one attached hydrogen (secondary N) is 1. The van der Waals surface area contributed by atoms with Crippen molar-refractivity contribution in [2.45, 2.75) is 51.7 Å². The van der Waals surface area contributed by atoms with Gasteiger partial charge in [0.15, 0.2) is 5.78 Å². The summed E-state index contributed by atoms with van der Waals surface area (Å²) in [5.74, 6) is -1.61. The van der Waals surface area contributed by atoms with Crippen molar-refractivity contribution in [1.29, 1.82) is 0 Å². The van der Waals surface area contributed by atoms with Gasteiger partial charge in [-0.15, -0.1) is 0 Å². The van der Waals surface area contributed by atoms with Crippen molar-refractivity contribution in [2.75, 3.05) is 13.1 Å². The third-order valence-corrected chi connectivity index (χ3v) is 6.68. The van der Waals surface area contributed by atoms with Crippen LogP contribution in [0.5, 0.6) is 0 Å². The lowest BCUT2D eigenvalue weighted by atomic mass is 10.0. The maximum atomic E-state index is 14.1. The van der Waals surface area contributed by atoms with Gasteiger partial charge >= 0.3 is 0 Å². The average Bonchev–Trinajstić information content (AvgIpc) is 3.65. The number of rotatable bonds is 12. The summed E-state index contributed by atoms with van der Waals surface area (Å²) in [6, 6.07) is 9.73. The third kappa shape index (κ3) is 6.43. The van der Waals surface area contributed by atoms with Crippen LogP contribution in [0.15, 0.2) is 36.4 Å². The van der Waals surface area contributed by atoms with Crippen molar-refractivity contribution in [1.82, 2.24) is 20.0 Å². The van der Waals surface area contributed by atoms with Crippen LogP contribution in [0.2, 0.25) is 5.02 Å². The molecule has 1 aliphatic carbocycles. The predicted octanol–water partition coefficient (Wildman–Crippen LogP) is 2.80. The summed E-state index contributed by atoms with van der Waals surface area (Å²) in [7, 11) is 0. The minimum absolute atomic E-state index is 0.00440. The van der Waals surface area contributed by atoms with Crippen molar-refractivity contribution >= 4 is 45.9 Å². The lowest BCUT2D eigenvalue weighted by Gasteiger charge is -2.22. The van der Waals surface area contributed by atoms with Crippen molar-refractivity contribution in [3.05, 3.63) is 64.1 Å². The van der Waals surface area contributed by atoms with Crippen LogP contribution < -0.4 is 11.1 Å². The largest absolute Gasteiger partial charge is 0.350 e. The number of ketones is 2. The zero-order valence-electron chi connectivity index (χ0n) is 21.0. The SMILES string of the molecule is CC(=O)c1nn(CC(=O)N(CC(=O)NCc2cccc(Cl)c2F)C2CC2)c2ccc(CC(=O)CCN)cc12. The Kier molecular flexibility index (Phi) is 8.53. The fourth-order valence-corrected chi connectivity index (χ4v) is 4.50. The van der Waals surface area contributed by atoms with Gasteiger partial charge in [0.2, 0.25) is 11.8 Å². The molecule has 4 rings (SSSR count). The summed E-state index contributed by atoms with van der Waals surface area (Å²) in [5, 5.41) is 7.55. The first-order valence-electron chi connectivity index (χ1n) is 12.4. The zero-order chi connectivity index (χ0) is 27.4. The average molecular weight is 542 g/mol. The number of carbonyl (C=O) groups is 4. The summed E-state index contributed by atoms with van der Waals surface area (Å²) >= 11 is 5.80. The molecule has 0 unspecified atom stereocenters. The summed E-state index contributed by atoms with van der Waals surface area (Å²) in [6.07, 6.45) is 2.02. The molecule has 0 spiro atoms. The molecule has 11 heteroatoms. The van der Waals surface area contributed by atoms with E-state index in [0.29, 0.717) is 10.9 Å². The Bertz CT molecular complexity index is 1400. The molecule has 3 N–H and O–H groups in total. The van der Waals surface area contributed by atoms with Gasteiger partial charge in [-0.1, -0.05) is 29.8 Å². The smallest absolute Gasteiger partial charge is 0.245 e. The molecule has 0 saturated heterocycles. The Hall–Kier alpha value is -3.63. The van der Waals surface area contributed by atoms with Crippen LogP contribution in [0.1, 0.15) is 47.8 Å². The summed E-state index contributed by atoms with van der Waals surface area (Å²) < 4.78 is 15.6. The highest BCUT2D eigenvalue weighted by atomic mass is 35.5. The van der Waals surface area contributed by atoms with Crippen LogP contribution in [0.25, 0.3) is 10.9 Å². The third-order valence-electron chi connectivity index (χ3n) is 6.39. The Labute approximate surface area is 224 Å². The van der Waals surface area contributed by atoms with Crippen LogP contribution in [-0.4, -0.2) is 57.2 Å². The summed E-state index contributed by atoms with van der Waals surface area (Å²) in [5.41, 5.74) is 7.23. The fourth-order valence-electron chi connectivity index (χ4n) is 4.31. The minimum atomic E-state index is -0.594. The predicted molar refractivity (Wildman–Crippen MR) is 140 cm³/mol.